The van der Waals surface area contributed by atoms with Gasteiger partial charge >= 0.3 is 0 Å². The Balaban J connectivity index is 3.36. The minimum Gasteiger partial charge on any atom is -0.493 e. The highest BCUT2D eigenvalue weighted by molar-refractivity contribution is 5.23. The van der Waals surface area contributed by atoms with E-state index in [1.54, 1.807) is 0 Å². The maximum absolute atomic E-state index is 11.5. The average Bonchev–Trinajstić information content (AvgIpc) is 2.01. The van der Waals surface area contributed by atoms with E-state index in [0.29, 0.717) is 17.8 Å². The Morgan fingerprint density at radius 1 is 1.43 bits per heavy atom. The summed E-state index contributed by atoms with van der Waals surface area (Å²) in [5.41, 5.74) is -0.161. The Bertz CT molecular complexity index is 388. The molecule has 1 aromatic rings. The summed E-state index contributed by atoms with van der Waals surface area (Å²) in [6.07, 6.45) is 0.485. The van der Waals surface area contributed by atoms with E-state index < -0.39 is 0 Å². The van der Waals surface area contributed by atoms with Crippen LogP contribution in [0.4, 0.5) is 0 Å². The molecular formula is C10H16N2O2. The standard InChI is InChI=1S/C10H16N2O2/c1-5-6-7(13)11-9(10(2,3)4)12-8(6)14/h5H2,1-4H3,(H2,11,12,13,14). The van der Waals surface area contributed by atoms with Gasteiger partial charge in [0.05, 0.1) is 5.56 Å². The molecule has 0 spiro atoms. The van der Waals surface area contributed by atoms with Crippen molar-refractivity contribution in [2.75, 3.05) is 0 Å². The number of aromatic hydroxyl groups is 1. The molecule has 14 heavy (non-hydrogen) atoms. The molecule has 2 N–H and O–H groups in total. The second-order valence-corrected chi connectivity index (χ2v) is 4.32. The van der Waals surface area contributed by atoms with E-state index in [2.05, 4.69) is 9.97 Å². The van der Waals surface area contributed by atoms with Gasteiger partial charge in [0.1, 0.15) is 5.82 Å². The first-order chi connectivity index (χ1) is 6.36. The lowest BCUT2D eigenvalue weighted by atomic mass is 9.95. The molecule has 0 atom stereocenters. The molecule has 0 saturated heterocycles. The maximum atomic E-state index is 11.5. The molecule has 0 radical (unpaired) electrons. The van der Waals surface area contributed by atoms with E-state index in [9.17, 15) is 9.90 Å². The summed E-state index contributed by atoms with van der Waals surface area (Å²) in [4.78, 5) is 18.1. The summed E-state index contributed by atoms with van der Waals surface area (Å²) in [7, 11) is 0. The molecule has 0 aliphatic heterocycles. The van der Waals surface area contributed by atoms with Gasteiger partial charge in [0.25, 0.3) is 5.56 Å². The van der Waals surface area contributed by atoms with Gasteiger partial charge in [-0.25, -0.2) is 0 Å². The second-order valence-electron chi connectivity index (χ2n) is 4.32. The van der Waals surface area contributed by atoms with Gasteiger partial charge in [0.15, 0.2) is 0 Å². The fourth-order valence-electron chi connectivity index (χ4n) is 1.16. The van der Waals surface area contributed by atoms with E-state index in [-0.39, 0.29) is 16.9 Å². The van der Waals surface area contributed by atoms with E-state index in [0.717, 1.165) is 0 Å². The van der Waals surface area contributed by atoms with Crippen molar-refractivity contribution in [2.45, 2.75) is 39.5 Å². The van der Waals surface area contributed by atoms with E-state index in [1.807, 2.05) is 27.7 Å². The van der Waals surface area contributed by atoms with Crippen LogP contribution in [-0.4, -0.2) is 15.1 Å². The van der Waals surface area contributed by atoms with Gasteiger partial charge in [-0.2, -0.15) is 4.98 Å². The fourth-order valence-corrected chi connectivity index (χ4v) is 1.16. The number of aromatic nitrogens is 2. The Labute approximate surface area is 83.0 Å². The highest BCUT2D eigenvalue weighted by Gasteiger charge is 2.19. The molecule has 0 amide bonds. The summed E-state index contributed by atoms with van der Waals surface area (Å²) in [5, 5.41) is 9.50. The topological polar surface area (TPSA) is 66.0 Å². The van der Waals surface area contributed by atoms with Crippen LogP contribution in [0.15, 0.2) is 4.79 Å². The largest absolute Gasteiger partial charge is 0.493 e. The zero-order valence-electron chi connectivity index (χ0n) is 9.01. The number of hydrogen-bond acceptors (Lipinski definition) is 3. The molecule has 0 fully saturated rings. The summed E-state index contributed by atoms with van der Waals surface area (Å²) in [5.74, 6) is 0.360. The smallest absolute Gasteiger partial charge is 0.257 e. The lowest BCUT2D eigenvalue weighted by molar-refractivity contribution is 0.427. The predicted molar refractivity (Wildman–Crippen MR) is 54.6 cm³/mol. The zero-order chi connectivity index (χ0) is 10.9. The van der Waals surface area contributed by atoms with Crippen molar-refractivity contribution in [1.29, 1.82) is 0 Å². The molecule has 0 aliphatic carbocycles. The normalized spacial score (nSPS) is 11.7. The van der Waals surface area contributed by atoms with Crippen molar-refractivity contribution < 1.29 is 5.11 Å². The molecule has 4 heteroatoms. The van der Waals surface area contributed by atoms with Crippen LogP contribution in [0.1, 0.15) is 39.1 Å². The van der Waals surface area contributed by atoms with Crippen LogP contribution < -0.4 is 5.56 Å². The van der Waals surface area contributed by atoms with Crippen LogP contribution in [0.25, 0.3) is 0 Å². The Morgan fingerprint density at radius 3 is 2.36 bits per heavy atom. The fraction of sp³-hybridized carbons (Fsp3) is 0.600. The molecule has 1 rings (SSSR count). The Kier molecular flexibility index (Phi) is 2.64. The minimum atomic E-state index is -0.261. The zero-order valence-corrected chi connectivity index (χ0v) is 9.01. The van der Waals surface area contributed by atoms with Crippen molar-refractivity contribution in [3.63, 3.8) is 0 Å². The first kappa shape index (κ1) is 10.8. The quantitative estimate of drug-likeness (QED) is 0.712. The minimum absolute atomic E-state index is 0.152. The third kappa shape index (κ3) is 1.95. The molecule has 0 saturated carbocycles. The van der Waals surface area contributed by atoms with Gasteiger partial charge in [-0.15, -0.1) is 0 Å². The number of H-pyrrole nitrogens is 1. The summed E-state index contributed by atoms with van der Waals surface area (Å²) in [6.45, 7) is 7.59. The van der Waals surface area contributed by atoms with Crippen molar-refractivity contribution >= 4 is 0 Å². The van der Waals surface area contributed by atoms with Crippen molar-refractivity contribution in [2.24, 2.45) is 0 Å². The lowest BCUT2D eigenvalue weighted by Crippen LogP contribution is -2.24. The van der Waals surface area contributed by atoms with Crippen molar-refractivity contribution in [1.82, 2.24) is 9.97 Å². The number of rotatable bonds is 1. The van der Waals surface area contributed by atoms with Crippen molar-refractivity contribution in [3.05, 3.63) is 21.7 Å². The SMILES string of the molecule is CCc1c(O)nc(C(C)(C)C)[nH]c1=O. The van der Waals surface area contributed by atoms with E-state index in [1.165, 1.54) is 0 Å². The van der Waals surface area contributed by atoms with Crippen LogP contribution >= 0.6 is 0 Å². The van der Waals surface area contributed by atoms with Crippen LogP contribution in [-0.2, 0) is 11.8 Å². The summed E-state index contributed by atoms with van der Waals surface area (Å²) < 4.78 is 0. The molecular weight excluding hydrogens is 180 g/mol. The van der Waals surface area contributed by atoms with Gasteiger partial charge in [0.2, 0.25) is 5.88 Å². The third-order valence-corrected chi connectivity index (χ3v) is 2.06. The van der Waals surface area contributed by atoms with Crippen LogP contribution in [0.2, 0.25) is 0 Å². The van der Waals surface area contributed by atoms with Gasteiger partial charge in [-0.3, -0.25) is 4.79 Å². The van der Waals surface area contributed by atoms with Gasteiger partial charge < -0.3 is 10.1 Å². The monoisotopic (exact) mass is 196 g/mol. The molecule has 4 nitrogen and oxygen atoms in total. The van der Waals surface area contributed by atoms with Crippen LogP contribution in [0.5, 0.6) is 5.88 Å². The number of aromatic amines is 1. The third-order valence-electron chi connectivity index (χ3n) is 2.06. The first-order valence-electron chi connectivity index (χ1n) is 4.69. The molecule has 78 valence electrons. The number of nitrogens with one attached hydrogen (secondary N) is 1. The highest BCUT2D eigenvalue weighted by Crippen LogP contribution is 2.19. The van der Waals surface area contributed by atoms with Gasteiger partial charge in [0, 0.05) is 5.41 Å². The molecule has 0 bridgehead atoms. The average molecular weight is 196 g/mol. The lowest BCUT2D eigenvalue weighted by Gasteiger charge is -2.17. The van der Waals surface area contributed by atoms with Gasteiger partial charge in [-0.1, -0.05) is 27.7 Å². The molecule has 1 aromatic heterocycles. The molecule has 0 unspecified atom stereocenters. The maximum Gasteiger partial charge on any atom is 0.257 e. The van der Waals surface area contributed by atoms with Gasteiger partial charge in [-0.05, 0) is 6.42 Å². The van der Waals surface area contributed by atoms with Crippen LogP contribution in [0.3, 0.4) is 0 Å². The van der Waals surface area contributed by atoms with Crippen LogP contribution in [0, 0.1) is 0 Å². The van der Waals surface area contributed by atoms with E-state index >= 15 is 0 Å². The predicted octanol–water partition coefficient (Wildman–Crippen LogP) is 1.34. The number of hydrogen-bond donors (Lipinski definition) is 2. The summed E-state index contributed by atoms with van der Waals surface area (Å²) >= 11 is 0. The number of nitrogens with zero attached hydrogens (tertiary/aromatic N) is 1. The highest BCUT2D eigenvalue weighted by atomic mass is 16.3. The first-order valence-corrected chi connectivity index (χ1v) is 4.69. The molecule has 0 aliphatic rings. The summed E-state index contributed by atoms with van der Waals surface area (Å²) in [6, 6.07) is 0. The second kappa shape index (κ2) is 3.44. The Morgan fingerprint density at radius 2 is 2.00 bits per heavy atom. The van der Waals surface area contributed by atoms with E-state index in [4.69, 9.17) is 0 Å². The molecule has 1 heterocycles. The molecule has 0 aromatic carbocycles. The van der Waals surface area contributed by atoms with Crippen molar-refractivity contribution in [3.8, 4) is 5.88 Å². The Hall–Kier alpha value is -1.32.